The Labute approximate surface area is 84.2 Å². The maximum atomic E-state index is 12.8. The van der Waals surface area contributed by atoms with E-state index in [1.165, 1.54) is 6.07 Å². The highest BCUT2D eigenvalue weighted by Gasteiger charge is 2.01. The van der Waals surface area contributed by atoms with Crippen LogP contribution >= 0.6 is 27.5 Å². The van der Waals surface area contributed by atoms with Gasteiger partial charge in [0.1, 0.15) is 5.82 Å². The monoisotopic (exact) mass is 248 g/mol. The van der Waals surface area contributed by atoms with E-state index in [0.717, 1.165) is 11.1 Å². The van der Waals surface area contributed by atoms with Crippen molar-refractivity contribution < 1.29 is 4.39 Å². The van der Waals surface area contributed by atoms with Crippen molar-refractivity contribution in [3.05, 3.63) is 40.6 Å². The van der Waals surface area contributed by atoms with Crippen molar-refractivity contribution in [2.24, 2.45) is 0 Å². The molecule has 0 fully saturated rings. The third-order valence-electron chi connectivity index (χ3n) is 1.49. The van der Waals surface area contributed by atoms with Crippen LogP contribution in [0.2, 0.25) is 0 Å². The smallest absolute Gasteiger partial charge is 0.137 e. The Morgan fingerprint density at radius 2 is 2.25 bits per heavy atom. The molecule has 0 radical (unpaired) electrons. The van der Waals surface area contributed by atoms with Gasteiger partial charge in [-0.25, -0.2) is 4.39 Å². The minimum Gasteiger partial charge on any atom is -0.206 e. The fourth-order valence-electron chi connectivity index (χ4n) is 0.793. The first-order valence-electron chi connectivity index (χ1n) is 3.34. The highest BCUT2D eigenvalue weighted by atomic mass is 79.9. The number of rotatable bonds is 2. The van der Waals surface area contributed by atoms with Crippen LogP contribution < -0.4 is 0 Å². The molecule has 0 nitrogen and oxygen atoms in total. The second kappa shape index (κ2) is 4.06. The van der Waals surface area contributed by atoms with Crippen LogP contribution in [-0.4, -0.2) is 5.88 Å². The van der Waals surface area contributed by atoms with E-state index >= 15 is 0 Å². The largest absolute Gasteiger partial charge is 0.206 e. The van der Waals surface area contributed by atoms with Gasteiger partial charge in [0.25, 0.3) is 0 Å². The van der Waals surface area contributed by atoms with Crippen molar-refractivity contribution in [3.8, 4) is 0 Å². The minimum atomic E-state index is -0.277. The average molecular weight is 250 g/mol. The van der Waals surface area contributed by atoms with Crippen LogP contribution in [0.4, 0.5) is 4.39 Å². The predicted octanol–water partition coefficient (Wildman–Crippen LogP) is 3.84. The zero-order valence-electron chi connectivity index (χ0n) is 6.28. The Kier molecular flexibility index (Phi) is 3.29. The van der Waals surface area contributed by atoms with Gasteiger partial charge in [-0.05, 0) is 39.2 Å². The standard InChI is InChI=1S/C9H7BrClF/c1-6(5-11)7-2-3-9(12)8(10)4-7/h2-4H,1,5H2. The summed E-state index contributed by atoms with van der Waals surface area (Å²) in [7, 11) is 0. The van der Waals surface area contributed by atoms with Gasteiger partial charge in [-0.2, -0.15) is 0 Å². The minimum absolute atomic E-state index is 0.277. The molecule has 0 saturated carbocycles. The number of hydrogen-bond donors (Lipinski definition) is 0. The van der Waals surface area contributed by atoms with Gasteiger partial charge >= 0.3 is 0 Å². The van der Waals surface area contributed by atoms with Crippen molar-refractivity contribution >= 4 is 33.1 Å². The quantitative estimate of drug-likeness (QED) is 0.699. The van der Waals surface area contributed by atoms with E-state index in [2.05, 4.69) is 22.5 Å². The summed E-state index contributed by atoms with van der Waals surface area (Å²) in [5, 5.41) is 0. The molecule has 0 aliphatic carbocycles. The van der Waals surface area contributed by atoms with Gasteiger partial charge in [-0.3, -0.25) is 0 Å². The van der Waals surface area contributed by atoms with Crippen molar-refractivity contribution in [2.75, 3.05) is 5.88 Å². The highest BCUT2D eigenvalue weighted by Crippen LogP contribution is 2.21. The lowest BCUT2D eigenvalue weighted by Gasteiger charge is -2.02. The van der Waals surface area contributed by atoms with Crippen LogP contribution in [0.25, 0.3) is 5.57 Å². The summed E-state index contributed by atoms with van der Waals surface area (Å²) in [6.07, 6.45) is 0. The number of benzene rings is 1. The van der Waals surface area contributed by atoms with Crippen LogP contribution in [0.3, 0.4) is 0 Å². The number of hydrogen-bond acceptors (Lipinski definition) is 0. The molecule has 1 aromatic rings. The molecule has 0 aliphatic heterocycles. The molecule has 0 atom stereocenters. The van der Waals surface area contributed by atoms with Gasteiger partial charge in [0.05, 0.1) is 4.47 Å². The molecule has 12 heavy (non-hydrogen) atoms. The lowest BCUT2D eigenvalue weighted by atomic mass is 10.1. The molecule has 0 spiro atoms. The SMILES string of the molecule is C=C(CCl)c1ccc(F)c(Br)c1. The molecular formula is C9H7BrClF. The second-order valence-corrected chi connectivity index (χ2v) is 3.49. The van der Waals surface area contributed by atoms with Crippen molar-refractivity contribution in [2.45, 2.75) is 0 Å². The van der Waals surface area contributed by atoms with E-state index in [9.17, 15) is 4.39 Å². The van der Waals surface area contributed by atoms with E-state index in [1.54, 1.807) is 12.1 Å². The van der Waals surface area contributed by atoms with Crippen LogP contribution in [0.5, 0.6) is 0 Å². The molecule has 0 bridgehead atoms. The van der Waals surface area contributed by atoms with Gasteiger partial charge in [0.2, 0.25) is 0 Å². The molecule has 0 N–H and O–H groups in total. The predicted molar refractivity (Wildman–Crippen MR) is 53.9 cm³/mol. The fraction of sp³-hybridized carbons (Fsp3) is 0.111. The molecule has 0 unspecified atom stereocenters. The fourth-order valence-corrected chi connectivity index (χ4v) is 1.33. The first-order chi connectivity index (χ1) is 5.65. The second-order valence-electron chi connectivity index (χ2n) is 2.37. The van der Waals surface area contributed by atoms with Crippen molar-refractivity contribution in [1.82, 2.24) is 0 Å². The van der Waals surface area contributed by atoms with Gasteiger partial charge in [-0.15, -0.1) is 11.6 Å². The van der Waals surface area contributed by atoms with Gasteiger partial charge < -0.3 is 0 Å². The molecule has 1 aromatic carbocycles. The molecule has 0 heterocycles. The van der Waals surface area contributed by atoms with E-state index in [-0.39, 0.29) is 5.82 Å². The lowest BCUT2D eigenvalue weighted by Crippen LogP contribution is -1.85. The first kappa shape index (κ1) is 9.75. The summed E-state index contributed by atoms with van der Waals surface area (Å²) in [6.45, 7) is 3.74. The van der Waals surface area contributed by atoms with Gasteiger partial charge in [-0.1, -0.05) is 12.6 Å². The molecule has 3 heteroatoms. The summed E-state index contributed by atoms with van der Waals surface area (Å²) < 4.78 is 13.2. The Morgan fingerprint density at radius 3 is 2.75 bits per heavy atom. The van der Waals surface area contributed by atoms with E-state index in [4.69, 9.17) is 11.6 Å². The topological polar surface area (TPSA) is 0 Å². The van der Waals surface area contributed by atoms with Crippen molar-refractivity contribution in [3.63, 3.8) is 0 Å². The van der Waals surface area contributed by atoms with E-state index in [1.807, 2.05) is 0 Å². The Balaban J connectivity index is 3.05. The molecule has 64 valence electrons. The summed E-state index contributed by atoms with van der Waals surface area (Å²) >= 11 is 8.65. The molecule has 0 aromatic heterocycles. The first-order valence-corrected chi connectivity index (χ1v) is 4.67. The van der Waals surface area contributed by atoms with Crippen LogP contribution in [-0.2, 0) is 0 Å². The third-order valence-corrected chi connectivity index (χ3v) is 2.42. The summed E-state index contributed by atoms with van der Waals surface area (Å²) in [6, 6.07) is 4.71. The molecule has 0 amide bonds. The van der Waals surface area contributed by atoms with Crippen LogP contribution in [0, 0.1) is 5.82 Å². The zero-order chi connectivity index (χ0) is 9.14. The zero-order valence-corrected chi connectivity index (χ0v) is 8.62. The Morgan fingerprint density at radius 1 is 1.58 bits per heavy atom. The maximum Gasteiger partial charge on any atom is 0.137 e. The van der Waals surface area contributed by atoms with Crippen molar-refractivity contribution in [1.29, 1.82) is 0 Å². The summed E-state index contributed by atoms with van der Waals surface area (Å²) in [5.41, 5.74) is 1.65. The number of halogens is 3. The lowest BCUT2D eigenvalue weighted by molar-refractivity contribution is 0.621. The average Bonchev–Trinajstić information content (AvgIpc) is 2.08. The van der Waals surface area contributed by atoms with E-state index in [0.29, 0.717) is 10.4 Å². The van der Waals surface area contributed by atoms with E-state index < -0.39 is 0 Å². The number of alkyl halides is 1. The van der Waals surface area contributed by atoms with Crippen LogP contribution in [0.15, 0.2) is 29.3 Å². The Bertz CT molecular complexity index is 309. The number of allylic oxidation sites excluding steroid dienone is 1. The van der Waals surface area contributed by atoms with Crippen LogP contribution in [0.1, 0.15) is 5.56 Å². The molecule has 0 aliphatic rings. The molecule has 0 saturated heterocycles. The summed E-state index contributed by atoms with van der Waals surface area (Å²) in [4.78, 5) is 0. The third kappa shape index (κ3) is 2.08. The summed E-state index contributed by atoms with van der Waals surface area (Å²) in [5.74, 6) is 0.0825. The molecule has 1 rings (SSSR count). The Hall–Kier alpha value is -0.340. The van der Waals surface area contributed by atoms with Gasteiger partial charge in [0, 0.05) is 5.88 Å². The highest BCUT2D eigenvalue weighted by molar-refractivity contribution is 9.10. The van der Waals surface area contributed by atoms with Gasteiger partial charge in [0.15, 0.2) is 0 Å². The molecular weight excluding hydrogens is 242 g/mol. The normalized spacial score (nSPS) is 9.92. The maximum absolute atomic E-state index is 12.8.